The van der Waals surface area contributed by atoms with Crippen molar-refractivity contribution in [3.8, 4) is 10.6 Å². The van der Waals surface area contributed by atoms with E-state index in [2.05, 4.69) is 9.59 Å². The van der Waals surface area contributed by atoms with Gasteiger partial charge in [0.05, 0.1) is 11.0 Å². The molecule has 0 aliphatic carbocycles. The van der Waals surface area contributed by atoms with Gasteiger partial charge in [-0.15, -0.1) is 16.4 Å². The molecule has 6 heteroatoms. The summed E-state index contributed by atoms with van der Waals surface area (Å²) in [6, 6.07) is 3.84. The molecule has 0 spiro atoms. The molecule has 0 N–H and O–H groups in total. The van der Waals surface area contributed by atoms with E-state index in [4.69, 9.17) is 4.74 Å². The minimum atomic E-state index is -0.335. The predicted molar refractivity (Wildman–Crippen MR) is 68.4 cm³/mol. The van der Waals surface area contributed by atoms with Gasteiger partial charge in [0.25, 0.3) is 0 Å². The number of aromatic nitrogens is 2. The fourth-order valence-electron chi connectivity index (χ4n) is 1.22. The van der Waals surface area contributed by atoms with Crippen molar-refractivity contribution in [3.63, 3.8) is 0 Å². The third-order valence-electron chi connectivity index (χ3n) is 2.31. The average Bonchev–Trinajstić information content (AvgIpc) is 2.98. The summed E-state index contributed by atoms with van der Waals surface area (Å²) in [5.41, 5.74) is 0.623. The van der Waals surface area contributed by atoms with Gasteiger partial charge in [0.1, 0.15) is 5.69 Å². The lowest BCUT2D eigenvalue weighted by molar-refractivity contribution is 0.0341. The Morgan fingerprint density at radius 1 is 1.59 bits per heavy atom. The molecule has 0 unspecified atom stereocenters. The second-order valence-corrected chi connectivity index (χ2v) is 5.25. The van der Waals surface area contributed by atoms with Gasteiger partial charge in [-0.1, -0.05) is 17.5 Å². The summed E-state index contributed by atoms with van der Waals surface area (Å²) in [6.07, 6.45) is 0.715. The summed E-state index contributed by atoms with van der Waals surface area (Å²) in [6.45, 7) is 3.85. The largest absolute Gasteiger partial charge is 0.458 e. The van der Waals surface area contributed by atoms with Crippen LogP contribution in [0.5, 0.6) is 0 Å². The van der Waals surface area contributed by atoms with Crippen molar-refractivity contribution in [2.45, 2.75) is 26.4 Å². The number of thiophene rings is 1. The molecule has 0 fully saturated rings. The summed E-state index contributed by atoms with van der Waals surface area (Å²) in [5.74, 6) is -0.335. The standard InChI is InChI=1S/C11H12N2O2S2/c1-3-7(2)15-11(14)10-9(12-13-17-10)8-5-4-6-16-8/h4-7H,3H2,1-2H3/t7-/m1/s1. The Morgan fingerprint density at radius 3 is 3.06 bits per heavy atom. The van der Waals surface area contributed by atoms with Crippen LogP contribution in [-0.4, -0.2) is 21.7 Å². The molecule has 1 atom stereocenters. The van der Waals surface area contributed by atoms with Crippen LogP contribution in [0.3, 0.4) is 0 Å². The van der Waals surface area contributed by atoms with Crippen LogP contribution in [0.25, 0.3) is 10.6 Å². The third-order valence-corrected chi connectivity index (χ3v) is 3.89. The Kier molecular flexibility index (Phi) is 3.86. The monoisotopic (exact) mass is 268 g/mol. The average molecular weight is 268 g/mol. The first-order valence-electron chi connectivity index (χ1n) is 5.29. The van der Waals surface area contributed by atoms with Gasteiger partial charge in [-0.2, -0.15) is 0 Å². The molecule has 2 aromatic rings. The lowest BCUT2D eigenvalue weighted by Gasteiger charge is -2.09. The number of carbonyl (C=O) groups is 1. The van der Waals surface area contributed by atoms with Crippen LogP contribution in [0.15, 0.2) is 17.5 Å². The van der Waals surface area contributed by atoms with E-state index < -0.39 is 0 Å². The zero-order valence-electron chi connectivity index (χ0n) is 9.54. The molecular formula is C11H12N2O2S2. The van der Waals surface area contributed by atoms with E-state index in [9.17, 15) is 4.79 Å². The summed E-state index contributed by atoms with van der Waals surface area (Å²) in [7, 11) is 0. The number of rotatable bonds is 4. The molecule has 0 saturated carbocycles. The van der Waals surface area contributed by atoms with Gasteiger partial charge in [0.2, 0.25) is 0 Å². The van der Waals surface area contributed by atoms with Gasteiger partial charge in [0.15, 0.2) is 4.88 Å². The van der Waals surface area contributed by atoms with Gasteiger partial charge in [-0.25, -0.2) is 4.79 Å². The third kappa shape index (κ3) is 2.70. The zero-order chi connectivity index (χ0) is 12.3. The first kappa shape index (κ1) is 12.2. The van der Waals surface area contributed by atoms with Crippen molar-refractivity contribution in [2.75, 3.05) is 0 Å². The van der Waals surface area contributed by atoms with E-state index in [-0.39, 0.29) is 12.1 Å². The first-order valence-corrected chi connectivity index (χ1v) is 6.95. The maximum Gasteiger partial charge on any atom is 0.352 e. The number of hydrogen-bond acceptors (Lipinski definition) is 6. The second kappa shape index (κ2) is 5.37. The molecular weight excluding hydrogens is 256 g/mol. The number of nitrogens with zero attached hydrogens (tertiary/aromatic N) is 2. The van der Waals surface area contributed by atoms with Crippen molar-refractivity contribution < 1.29 is 9.53 Å². The molecule has 0 aromatic carbocycles. The minimum absolute atomic E-state index is 0.0826. The quantitative estimate of drug-likeness (QED) is 0.799. The predicted octanol–water partition coefficient (Wildman–Crippen LogP) is 3.22. The van der Waals surface area contributed by atoms with Crippen molar-refractivity contribution in [1.82, 2.24) is 9.59 Å². The van der Waals surface area contributed by atoms with E-state index in [0.717, 1.165) is 22.8 Å². The molecule has 0 amide bonds. The number of esters is 1. The van der Waals surface area contributed by atoms with Crippen molar-refractivity contribution in [1.29, 1.82) is 0 Å². The molecule has 0 saturated heterocycles. The number of hydrogen-bond donors (Lipinski definition) is 0. The Morgan fingerprint density at radius 2 is 2.41 bits per heavy atom. The molecule has 17 heavy (non-hydrogen) atoms. The van der Waals surface area contributed by atoms with Crippen molar-refractivity contribution >= 4 is 28.8 Å². The topological polar surface area (TPSA) is 52.1 Å². The van der Waals surface area contributed by atoms with Crippen LogP contribution in [0.2, 0.25) is 0 Å². The molecule has 0 aliphatic heterocycles. The molecule has 4 nitrogen and oxygen atoms in total. The first-order chi connectivity index (χ1) is 8.22. The molecule has 0 aliphatic rings. The lowest BCUT2D eigenvalue weighted by atomic mass is 10.3. The molecule has 2 heterocycles. The zero-order valence-corrected chi connectivity index (χ0v) is 11.2. The highest BCUT2D eigenvalue weighted by Crippen LogP contribution is 2.28. The van der Waals surface area contributed by atoms with E-state index in [1.165, 1.54) is 11.3 Å². The minimum Gasteiger partial charge on any atom is -0.458 e. The Bertz CT molecular complexity index is 493. The van der Waals surface area contributed by atoms with Gasteiger partial charge in [0, 0.05) is 0 Å². The summed E-state index contributed by atoms with van der Waals surface area (Å²) >= 11 is 2.61. The lowest BCUT2D eigenvalue weighted by Crippen LogP contribution is -2.13. The Balaban J connectivity index is 2.22. The van der Waals surface area contributed by atoms with Gasteiger partial charge in [-0.05, 0) is 36.3 Å². The van der Waals surface area contributed by atoms with Gasteiger partial charge >= 0.3 is 5.97 Å². The second-order valence-electron chi connectivity index (χ2n) is 3.55. The summed E-state index contributed by atoms with van der Waals surface area (Å²) in [5, 5.41) is 5.93. The maximum absolute atomic E-state index is 11.9. The molecule has 0 radical (unpaired) electrons. The maximum atomic E-state index is 11.9. The van der Waals surface area contributed by atoms with E-state index in [0.29, 0.717) is 10.6 Å². The molecule has 2 rings (SSSR count). The SMILES string of the molecule is CC[C@@H](C)OC(=O)c1snnc1-c1cccs1. The Labute approximate surface area is 107 Å². The van der Waals surface area contributed by atoms with E-state index >= 15 is 0 Å². The smallest absolute Gasteiger partial charge is 0.352 e. The van der Waals surface area contributed by atoms with Crippen LogP contribution < -0.4 is 0 Å². The fourth-order valence-corrected chi connectivity index (χ4v) is 2.56. The summed E-state index contributed by atoms with van der Waals surface area (Å²) < 4.78 is 9.11. The van der Waals surface area contributed by atoms with Crippen LogP contribution in [-0.2, 0) is 4.74 Å². The summed E-state index contributed by atoms with van der Waals surface area (Å²) in [4.78, 5) is 13.3. The fraction of sp³-hybridized carbons (Fsp3) is 0.364. The molecule has 2 aromatic heterocycles. The van der Waals surface area contributed by atoms with Crippen molar-refractivity contribution in [2.24, 2.45) is 0 Å². The van der Waals surface area contributed by atoms with Crippen LogP contribution >= 0.6 is 22.9 Å². The van der Waals surface area contributed by atoms with Gasteiger partial charge < -0.3 is 4.74 Å². The van der Waals surface area contributed by atoms with Crippen LogP contribution in [0.1, 0.15) is 29.9 Å². The number of ether oxygens (including phenoxy) is 1. The van der Waals surface area contributed by atoms with Gasteiger partial charge in [-0.3, -0.25) is 0 Å². The van der Waals surface area contributed by atoms with E-state index in [1.807, 2.05) is 31.4 Å². The van der Waals surface area contributed by atoms with Crippen molar-refractivity contribution in [3.05, 3.63) is 22.4 Å². The highest BCUT2D eigenvalue weighted by Gasteiger charge is 2.21. The number of carbonyl (C=O) groups excluding carboxylic acids is 1. The molecule has 90 valence electrons. The Hall–Kier alpha value is -1.27. The molecule has 0 bridgehead atoms. The highest BCUT2D eigenvalue weighted by atomic mass is 32.1. The van der Waals surface area contributed by atoms with E-state index in [1.54, 1.807) is 0 Å². The van der Waals surface area contributed by atoms with Crippen LogP contribution in [0.4, 0.5) is 0 Å². The van der Waals surface area contributed by atoms with Crippen LogP contribution in [0, 0.1) is 0 Å². The normalized spacial score (nSPS) is 12.4. The highest BCUT2D eigenvalue weighted by molar-refractivity contribution is 7.14.